The number of hydrogen-bond donors (Lipinski definition) is 1. The molecule has 2 aromatic carbocycles. The van der Waals surface area contributed by atoms with Gasteiger partial charge in [-0.1, -0.05) is 60.7 Å². The Morgan fingerprint density at radius 3 is 2.29 bits per heavy atom. The van der Waals surface area contributed by atoms with E-state index in [9.17, 15) is 14.4 Å². The molecule has 3 aromatic rings. The van der Waals surface area contributed by atoms with Crippen molar-refractivity contribution in [2.24, 2.45) is 5.92 Å². The van der Waals surface area contributed by atoms with Crippen LogP contribution in [0.25, 0.3) is 0 Å². The standard InChI is InChI=1S/C38H50N4O6S/c1-38(2,3)48-37(45)42-25-32(41-16-18-46-19-17-41)23-34(42)35(43)22-30(20-28-10-6-4-7-11-28)14-15-31(21-29-12-8-5-9-13-29)40-36(44)47-26-33-24-39-27-49-33/h4-13,24,27,30-32,34H,14-23,25-26H2,1-3H3,(H,40,44)/t30-,31-,32+,34-/m0/s1. The van der Waals surface area contributed by atoms with Gasteiger partial charge in [0.1, 0.15) is 12.2 Å². The number of carbonyl (C=O) groups excluding carboxylic acids is 3. The number of nitrogens with one attached hydrogen (secondary N) is 1. The van der Waals surface area contributed by atoms with Gasteiger partial charge in [0.05, 0.1) is 29.6 Å². The number of nitrogens with zero attached hydrogens (tertiary/aromatic N) is 3. The first-order chi connectivity index (χ1) is 23.6. The molecule has 2 aliphatic heterocycles. The Morgan fingerprint density at radius 2 is 1.65 bits per heavy atom. The summed E-state index contributed by atoms with van der Waals surface area (Å²) in [6.45, 7) is 9.05. The zero-order valence-corrected chi connectivity index (χ0v) is 29.7. The number of benzene rings is 2. The zero-order chi connectivity index (χ0) is 34.6. The molecule has 0 aliphatic carbocycles. The molecule has 0 unspecified atom stereocenters. The molecule has 5 rings (SSSR count). The second-order valence-electron chi connectivity index (χ2n) is 14.1. The van der Waals surface area contributed by atoms with Crippen LogP contribution in [0.5, 0.6) is 0 Å². The van der Waals surface area contributed by atoms with E-state index in [0.29, 0.717) is 58.3 Å². The lowest BCUT2D eigenvalue weighted by Crippen LogP contribution is -2.46. The summed E-state index contributed by atoms with van der Waals surface area (Å²) < 4.78 is 16.9. The molecule has 2 amide bonds. The van der Waals surface area contributed by atoms with Crippen LogP contribution < -0.4 is 5.32 Å². The average Bonchev–Trinajstić information content (AvgIpc) is 3.78. The average molecular weight is 691 g/mol. The van der Waals surface area contributed by atoms with Crippen LogP contribution in [0.2, 0.25) is 0 Å². The summed E-state index contributed by atoms with van der Waals surface area (Å²) in [5.74, 6) is 0.0604. The van der Waals surface area contributed by atoms with Gasteiger partial charge in [-0.3, -0.25) is 19.6 Å². The molecule has 1 N–H and O–H groups in total. The maximum Gasteiger partial charge on any atom is 0.410 e. The molecule has 264 valence electrons. The van der Waals surface area contributed by atoms with Crippen molar-refractivity contribution in [2.75, 3.05) is 32.8 Å². The first-order valence-corrected chi connectivity index (χ1v) is 18.2. The number of likely N-dealkylation sites (tertiary alicyclic amines) is 1. The SMILES string of the molecule is CC(C)(C)OC(=O)N1C[C@H](N2CCOCC2)C[C@H]1C(=O)C[C@@H](CC[C@@H](Cc1ccccc1)NC(=O)OCc1cncs1)Cc1ccccc1. The summed E-state index contributed by atoms with van der Waals surface area (Å²) in [6, 6.07) is 19.6. The minimum absolute atomic E-state index is 0.00566. The van der Waals surface area contributed by atoms with E-state index < -0.39 is 23.8 Å². The fourth-order valence-corrected chi connectivity index (χ4v) is 7.22. The van der Waals surface area contributed by atoms with Gasteiger partial charge in [-0.25, -0.2) is 9.59 Å². The number of ether oxygens (including phenoxy) is 3. The van der Waals surface area contributed by atoms with Crippen LogP contribution in [0, 0.1) is 5.92 Å². The zero-order valence-electron chi connectivity index (χ0n) is 28.9. The number of alkyl carbamates (subject to hydrolysis) is 1. The maximum absolute atomic E-state index is 14.3. The highest BCUT2D eigenvalue weighted by Gasteiger charge is 2.43. The first kappa shape index (κ1) is 36.5. The van der Waals surface area contributed by atoms with Crippen molar-refractivity contribution in [3.63, 3.8) is 0 Å². The number of carbonyl (C=O) groups is 3. The molecule has 0 spiro atoms. The van der Waals surface area contributed by atoms with Gasteiger partial charge in [0.25, 0.3) is 0 Å². The molecule has 0 radical (unpaired) electrons. The Bertz CT molecular complexity index is 1460. The van der Waals surface area contributed by atoms with Gasteiger partial charge in [0, 0.05) is 44.3 Å². The van der Waals surface area contributed by atoms with Crippen LogP contribution in [-0.4, -0.2) is 89.3 Å². The minimum atomic E-state index is -0.667. The molecule has 4 atom stereocenters. The van der Waals surface area contributed by atoms with Crippen LogP contribution in [0.15, 0.2) is 72.4 Å². The normalized spacial score (nSPS) is 19.6. The number of thiazole rings is 1. The molecule has 2 saturated heterocycles. The molecule has 10 nitrogen and oxygen atoms in total. The molecule has 2 aliphatic rings. The summed E-state index contributed by atoms with van der Waals surface area (Å²) in [5, 5.41) is 3.09. The van der Waals surface area contributed by atoms with Crippen LogP contribution in [0.1, 0.15) is 62.5 Å². The highest BCUT2D eigenvalue weighted by Crippen LogP contribution is 2.29. The van der Waals surface area contributed by atoms with Gasteiger partial charge < -0.3 is 19.5 Å². The second kappa shape index (κ2) is 17.7. The van der Waals surface area contributed by atoms with Crippen molar-refractivity contribution in [3.8, 4) is 0 Å². The molecule has 2 fully saturated rings. The monoisotopic (exact) mass is 690 g/mol. The highest BCUT2D eigenvalue weighted by atomic mass is 32.1. The fraction of sp³-hybridized carbons (Fsp3) is 0.526. The van der Waals surface area contributed by atoms with Crippen molar-refractivity contribution in [3.05, 3.63) is 88.4 Å². The van der Waals surface area contributed by atoms with Crippen molar-refractivity contribution in [1.29, 1.82) is 0 Å². The first-order valence-electron chi connectivity index (χ1n) is 17.4. The lowest BCUT2D eigenvalue weighted by Gasteiger charge is -2.32. The van der Waals surface area contributed by atoms with E-state index in [-0.39, 0.29) is 30.4 Å². The number of morpholine rings is 1. The molecule has 0 saturated carbocycles. The largest absolute Gasteiger partial charge is 0.444 e. The van der Waals surface area contributed by atoms with Crippen molar-refractivity contribution < 1.29 is 28.6 Å². The van der Waals surface area contributed by atoms with Crippen molar-refractivity contribution >= 4 is 29.3 Å². The molecule has 11 heteroatoms. The van der Waals surface area contributed by atoms with Gasteiger partial charge in [-0.05, 0) is 69.9 Å². The topological polar surface area (TPSA) is 110 Å². The van der Waals surface area contributed by atoms with E-state index in [0.717, 1.165) is 29.1 Å². The fourth-order valence-electron chi connectivity index (χ4n) is 6.71. The summed E-state index contributed by atoms with van der Waals surface area (Å²) >= 11 is 1.44. The summed E-state index contributed by atoms with van der Waals surface area (Å²) in [5.41, 5.74) is 3.31. The maximum atomic E-state index is 14.3. The van der Waals surface area contributed by atoms with Gasteiger partial charge in [0.2, 0.25) is 0 Å². The third-order valence-corrected chi connectivity index (χ3v) is 9.85. The van der Waals surface area contributed by atoms with Crippen molar-refractivity contribution in [2.45, 2.75) is 89.6 Å². The van der Waals surface area contributed by atoms with Gasteiger partial charge in [-0.2, -0.15) is 0 Å². The Kier molecular flexibility index (Phi) is 13.2. The molecule has 1 aromatic heterocycles. The van der Waals surface area contributed by atoms with E-state index in [1.807, 2.05) is 57.2 Å². The van der Waals surface area contributed by atoms with E-state index in [2.05, 4.69) is 39.5 Å². The number of rotatable bonds is 14. The Hall–Kier alpha value is -3.80. The van der Waals surface area contributed by atoms with E-state index in [1.54, 1.807) is 16.6 Å². The third-order valence-electron chi connectivity index (χ3n) is 9.10. The number of amides is 2. The number of ketones is 1. The Morgan fingerprint density at radius 1 is 0.980 bits per heavy atom. The number of hydrogen-bond acceptors (Lipinski definition) is 9. The molecule has 49 heavy (non-hydrogen) atoms. The summed E-state index contributed by atoms with van der Waals surface area (Å²) in [6.07, 6.45) is 4.41. The van der Waals surface area contributed by atoms with Crippen molar-refractivity contribution in [1.82, 2.24) is 20.1 Å². The third kappa shape index (κ3) is 11.6. The molecule has 3 heterocycles. The van der Waals surface area contributed by atoms with E-state index >= 15 is 0 Å². The summed E-state index contributed by atoms with van der Waals surface area (Å²) in [7, 11) is 0. The smallest absolute Gasteiger partial charge is 0.410 e. The summed E-state index contributed by atoms with van der Waals surface area (Å²) in [4.78, 5) is 49.6. The lowest BCUT2D eigenvalue weighted by molar-refractivity contribution is -0.124. The predicted molar refractivity (Wildman–Crippen MR) is 189 cm³/mol. The van der Waals surface area contributed by atoms with Gasteiger partial charge in [0.15, 0.2) is 5.78 Å². The van der Waals surface area contributed by atoms with Gasteiger partial charge >= 0.3 is 12.2 Å². The van der Waals surface area contributed by atoms with Crippen LogP contribution >= 0.6 is 11.3 Å². The van der Waals surface area contributed by atoms with Gasteiger partial charge in [-0.15, -0.1) is 11.3 Å². The second-order valence-corrected chi connectivity index (χ2v) is 15.0. The van der Waals surface area contributed by atoms with Crippen LogP contribution in [0.4, 0.5) is 9.59 Å². The van der Waals surface area contributed by atoms with Crippen LogP contribution in [0.3, 0.4) is 0 Å². The quantitative estimate of drug-likeness (QED) is 0.210. The highest BCUT2D eigenvalue weighted by molar-refractivity contribution is 7.09. The number of aromatic nitrogens is 1. The minimum Gasteiger partial charge on any atom is -0.444 e. The Balaban J connectivity index is 1.30. The molecular formula is C38H50N4O6S. The molecular weight excluding hydrogens is 641 g/mol. The van der Waals surface area contributed by atoms with E-state index in [4.69, 9.17) is 14.2 Å². The number of Topliss-reactive ketones (excluding diaryl/α,β-unsaturated/α-hetero) is 1. The van der Waals surface area contributed by atoms with E-state index in [1.165, 1.54) is 11.3 Å². The Labute approximate surface area is 294 Å². The lowest BCUT2D eigenvalue weighted by atomic mass is 9.86. The van der Waals surface area contributed by atoms with Crippen LogP contribution in [-0.2, 0) is 38.5 Å². The molecule has 0 bridgehead atoms. The predicted octanol–water partition coefficient (Wildman–Crippen LogP) is 6.29.